The number of rotatable bonds is 9. The molecule has 1 unspecified atom stereocenters. The minimum Gasteiger partial charge on any atom is -0.491 e. The van der Waals surface area contributed by atoms with Gasteiger partial charge < -0.3 is 25.8 Å². The van der Waals surface area contributed by atoms with Gasteiger partial charge >= 0.3 is 0 Å². The van der Waals surface area contributed by atoms with Crippen LogP contribution in [-0.2, 0) is 6.54 Å². The molecule has 0 saturated carbocycles. The van der Waals surface area contributed by atoms with E-state index in [-0.39, 0.29) is 12.0 Å². The van der Waals surface area contributed by atoms with Gasteiger partial charge in [-0.3, -0.25) is 4.79 Å². The number of aliphatic hydroxyl groups is 1. The molecule has 0 heterocycles. The van der Waals surface area contributed by atoms with Gasteiger partial charge in [0.1, 0.15) is 5.75 Å². The molecule has 4 N–H and O–H groups in total. The summed E-state index contributed by atoms with van der Waals surface area (Å²) in [5.41, 5.74) is 2.32. The molecule has 1 amide bonds. The number of guanidine groups is 1. The van der Waals surface area contributed by atoms with Gasteiger partial charge in [-0.2, -0.15) is 0 Å². The Labute approximate surface area is 178 Å². The highest BCUT2D eigenvalue weighted by Crippen LogP contribution is 2.18. The molecular weight excluding hydrogens is 380 g/mol. The third-order valence-electron chi connectivity index (χ3n) is 4.28. The predicted molar refractivity (Wildman–Crippen MR) is 120 cm³/mol. The number of benzene rings is 2. The van der Waals surface area contributed by atoms with Gasteiger partial charge in [-0.15, -0.1) is 0 Å². The van der Waals surface area contributed by atoms with E-state index >= 15 is 0 Å². The molecule has 0 aromatic heterocycles. The van der Waals surface area contributed by atoms with Crippen LogP contribution in [0.3, 0.4) is 0 Å². The van der Waals surface area contributed by atoms with Gasteiger partial charge in [0, 0.05) is 25.7 Å². The minimum atomic E-state index is -0.682. The van der Waals surface area contributed by atoms with Crippen LogP contribution in [0.2, 0.25) is 0 Å². The first kappa shape index (κ1) is 23.2. The van der Waals surface area contributed by atoms with Crippen molar-refractivity contribution in [3.8, 4) is 5.75 Å². The van der Waals surface area contributed by atoms with Crippen LogP contribution in [-0.4, -0.2) is 43.2 Å². The Morgan fingerprint density at radius 2 is 1.87 bits per heavy atom. The van der Waals surface area contributed by atoms with E-state index in [0.717, 1.165) is 16.9 Å². The Bertz CT molecular complexity index is 835. The number of hydrogen-bond donors (Lipinski definition) is 4. The van der Waals surface area contributed by atoms with Crippen molar-refractivity contribution >= 4 is 11.9 Å². The molecule has 2 aromatic carbocycles. The maximum atomic E-state index is 11.8. The highest BCUT2D eigenvalue weighted by Gasteiger charge is 2.10. The molecule has 0 radical (unpaired) electrons. The number of nitrogens with one attached hydrogen (secondary N) is 3. The van der Waals surface area contributed by atoms with E-state index in [1.54, 1.807) is 13.1 Å². The lowest BCUT2D eigenvalue weighted by Crippen LogP contribution is -2.39. The fourth-order valence-electron chi connectivity index (χ4n) is 2.82. The predicted octanol–water partition coefficient (Wildman–Crippen LogP) is 2.62. The third kappa shape index (κ3) is 7.40. The molecule has 0 bridgehead atoms. The van der Waals surface area contributed by atoms with E-state index < -0.39 is 6.10 Å². The van der Waals surface area contributed by atoms with Crippen molar-refractivity contribution in [2.75, 3.05) is 20.1 Å². The second kappa shape index (κ2) is 11.8. The van der Waals surface area contributed by atoms with Gasteiger partial charge in [0.2, 0.25) is 0 Å². The van der Waals surface area contributed by atoms with Crippen LogP contribution in [0.4, 0.5) is 0 Å². The van der Waals surface area contributed by atoms with Crippen LogP contribution in [0.25, 0.3) is 0 Å². The fourth-order valence-corrected chi connectivity index (χ4v) is 2.82. The number of aliphatic hydroxyl groups excluding tert-OH is 1. The molecule has 0 saturated heterocycles. The minimum absolute atomic E-state index is 0.110. The molecule has 1 atom stereocenters. The lowest BCUT2D eigenvalue weighted by atomic mass is 10.1. The number of nitrogens with zero attached hydrogens (tertiary/aromatic N) is 1. The molecule has 7 nitrogen and oxygen atoms in total. The number of carbonyl (C=O) groups excluding carboxylic acids is 1. The fraction of sp³-hybridized carbons (Fsp3) is 0.391. The van der Waals surface area contributed by atoms with E-state index in [0.29, 0.717) is 31.2 Å². The van der Waals surface area contributed by atoms with Gasteiger partial charge in [-0.1, -0.05) is 24.3 Å². The Hall–Kier alpha value is -3.06. The summed E-state index contributed by atoms with van der Waals surface area (Å²) in [4.78, 5) is 16.3. The van der Waals surface area contributed by atoms with Crippen molar-refractivity contribution in [3.05, 3.63) is 65.2 Å². The van der Waals surface area contributed by atoms with Gasteiger partial charge in [0.25, 0.3) is 5.91 Å². The Balaban J connectivity index is 1.97. The van der Waals surface area contributed by atoms with E-state index in [1.807, 2.05) is 63.2 Å². The highest BCUT2D eigenvalue weighted by molar-refractivity contribution is 5.94. The van der Waals surface area contributed by atoms with Gasteiger partial charge in [0.05, 0.1) is 18.8 Å². The topological polar surface area (TPSA) is 95.0 Å². The van der Waals surface area contributed by atoms with Gasteiger partial charge in [0.15, 0.2) is 5.96 Å². The normalized spacial score (nSPS) is 12.4. The van der Waals surface area contributed by atoms with Crippen LogP contribution in [0.5, 0.6) is 5.75 Å². The summed E-state index contributed by atoms with van der Waals surface area (Å²) in [5, 5.41) is 19.4. The van der Waals surface area contributed by atoms with E-state index in [9.17, 15) is 9.90 Å². The molecule has 162 valence electrons. The smallest absolute Gasteiger partial charge is 0.251 e. The zero-order chi connectivity index (χ0) is 21.9. The summed E-state index contributed by atoms with van der Waals surface area (Å²) < 4.78 is 5.63. The number of amides is 1. The largest absolute Gasteiger partial charge is 0.491 e. The lowest BCUT2D eigenvalue weighted by Gasteiger charge is -2.16. The quantitative estimate of drug-likeness (QED) is 0.375. The molecule has 0 fully saturated rings. The van der Waals surface area contributed by atoms with Crippen LogP contribution < -0.4 is 20.7 Å². The molecule has 7 heteroatoms. The molecule has 0 aliphatic rings. The molecule has 2 rings (SSSR count). The van der Waals surface area contributed by atoms with Crippen molar-refractivity contribution in [1.29, 1.82) is 0 Å². The summed E-state index contributed by atoms with van der Waals surface area (Å²) >= 11 is 0. The van der Waals surface area contributed by atoms with Crippen molar-refractivity contribution in [2.45, 2.75) is 39.5 Å². The maximum absolute atomic E-state index is 11.8. The van der Waals surface area contributed by atoms with Crippen molar-refractivity contribution in [3.63, 3.8) is 0 Å². The molecule has 2 aromatic rings. The van der Waals surface area contributed by atoms with E-state index in [4.69, 9.17) is 4.74 Å². The van der Waals surface area contributed by atoms with E-state index in [1.165, 1.54) is 0 Å². The first-order valence-corrected chi connectivity index (χ1v) is 10.2. The summed E-state index contributed by atoms with van der Waals surface area (Å²) in [6.07, 6.45) is -0.572. The Morgan fingerprint density at radius 3 is 2.50 bits per heavy atom. The first-order chi connectivity index (χ1) is 14.4. The van der Waals surface area contributed by atoms with Crippen LogP contribution in [0, 0.1) is 0 Å². The maximum Gasteiger partial charge on any atom is 0.251 e. The first-order valence-electron chi connectivity index (χ1n) is 10.2. The summed E-state index contributed by atoms with van der Waals surface area (Å²) in [6.45, 7) is 7.35. The summed E-state index contributed by atoms with van der Waals surface area (Å²) in [5.74, 6) is 1.25. The van der Waals surface area contributed by atoms with Gasteiger partial charge in [-0.25, -0.2) is 4.99 Å². The number of carbonyl (C=O) groups is 1. The average Bonchev–Trinajstić information content (AvgIpc) is 2.75. The second-order valence-corrected chi connectivity index (χ2v) is 7.11. The van der Waals surface area contributed by atoms with E-state index in [2.05, 4.69) is 20.9 Å². The zero-order valence-electron chi connectivity index (χ0n) is 18.1. The lowest BCUT2D eigenvalue weighted by molar-refractivity contribution is 0.0963. The molecule has 30 heavy (non-hydrogen) atoms. The van der Waals surface area contributed by atoms with Crippen molar-refractivity contribution in [2.24, 2.45) is 4.99 Å². The van der Waals surface area contributed by atoms with Crippen LogP contribution in [0.1, 0.15) is 48.4 Å². The van der Waals surface area contributed by atoms with Gasteiger partial charge in [-0.05, 0) is 56.2 Å². The Morgan fingerprint density at radius 1 is 1.13 bits per heavy atom. The molecule has 0 spiro atoms. The summed E-state index contributed by atoms with van der Waals surface area (Å²) in [6, 6.07) is 14.8. The Kier molecular flexibility index (Phi) is 9.15. The standard InChI is InChI=1S/C23H32N4O3/c1-5-25-23(26-14-17-7-6-8-19(13-17)22(29)24-4)27-15-21(28)18-9-11-20(12-10-18)30-16(2)3/h6-13,16,21,28H,5,14-15H2,1-4H3,(H,24,29)(H2,25,26,27). The van der Waals surface area contributed by atoms with Crippen LogP contribution >= 0.6 is 0 Å². The molecular formula is C23H32N4O3. The number of aliphatic imine (C=N–C) groups is 1. The second-order valence-electron chi connectivity index (χ2n) is 7.11. The van der Waals surface area contributed by atoms with Crippen LogP contribution in [0.15, 0.2) is 53.5 Å². The molecule has 0 aliphatic carbocycles. The monoisotopic (exact) mass is 412 g/mol. The summed E-state index contributed by atoms with van der Waals surface area (Å²) in [7, 11) is 1.61. The third-order valence-corrected chi connectivity index (χ3v) is 4.28. The van der Waals surface area contributed by atoms with Crippen molar-refractivity contribution < 1.29 is 14.6 Å². The average molecular weight is 413 g/mol. The van der Waals surface area contributed by atoms with Crippen molar-refractivity contribution in [1.82, 2.24) is 16.0 Å². The SMILES string of the molecule is CCNC(=NCc1cccc(C(=O)NC)c1)NCC(O)c1ccc(OC(C)C)cc1. The number of hydrogen-bond acceptors (Lipinski definition) is 4. The molecule has 0 aliphatic heterocycles. The number of ether oxygens (including phenoxy) is 1. The highest BCUT2D eigenvalue weighted by atomic mass is 16.5. The zero-order valence-corrected chi connectivity index (χ0v) is 18.1.